The van der Waals surface area contributed by atoms with Crippen LogP contribution < -0.4 is 10.1 Å². The van der Waals surface area contributed by atoms with Gasteiger partial charge in [0.1, 0.15) is 11.9 Å². The lowest BCUT2D eigenvalue weighted by atomic mass is 10.1. The van der Waals surface area contributed by atoms with Crippen LogP contribution in [0.4, 0.5) is 5.69 Å². The van der Waals surface area contributed by atoms with Crippen LogP contribution in [0.3, 0.4) is 0 Å². The summed E-state index contributed by atoms with van der Waals surface area (Å²) in [5, 5.41) is 4.07. The molecule has 0 aliphatic carbocycles. The highest BCUT2D eigenvalue weighted by Crippen LogP contribution is 2.31. The molecule has 1 aliphatic rings. The number of hydrogen-bond donors (Lipinski definition) is 1. The minimum Gasteiger partial charge on any atom is -0.488 e. The third-order valence-corrected chi connectivity index (χ3v) is 3.98. The molecule has 0 radical (unpaired) electrons. The van der Waals surface area contributed by atoms with Gasteiger partial charge in [0.05, 0.1) is 17.3 Å². The first-order chi connectivity index (χ1) is 9.22. The number of hydrogen-bond acceptors (Lipinski definition) is 2. The van der Waals surface area contributed by atoms with E-state index in [2.05, 4.69) is 27.3 Å². The predicted molar refractivity (Wildman–Crippen MR) is 82.2 cm³/mol. The Balaban J connectivity index is 1.63. The van der Waals surface area contributed by atoms with E-state index in [4.69, 9.17) is 16.3 Å². The first-order valence-corrected chi connectivity index (χ1v) is 7.33. The molecule has 19 heavy (non-hydrogen) atoms. The molecule has 0 saturated heterocycles. The van der Waals surface area contributed by atoms with Gasteiger partial charge in [-0.1, -0.05) is 39.7 Å². The van der Waals surface area contributed by atoms with Crippen molar-refractivity contribution in [3.8, 4) is 5.75 Å². The lowest BCUT2D eigenvalue weighted by Crippen LogP contribution is -2.24. The summed E-state index contributed by atoms with van der Waals surface area (Å²) in [6.45, 7) is 0.746. The Kier molecular flexibility index (Phi) is 3.67. The zero-order chi connectivity index (χ0) is 13.2. The van der Waals surface area contributed by atoms with Gasteiger partial charge in [0.2, 0.25) is 0 Å². The van der Waals surface area contributed by atoms with E-state index in [9.17, 15) is 0 Å². The number of nitrogens with one attached hydrogen (secondary N) is 1. The molecular weight excluding hydrogens is 326 g/mol. The van der Waals surface area contributed by atoms with E-state index in [1.54, 1.807) is 0 Å². The van der Waals surface area contributed by atoms with Crippen LogP contribution in [0.2, 0.25) is 5.02 Å². The van der Waals surface area contributed by atoms with Crippen LogP contribution >= 0.6 is 27.5 Å². The molecule has 3 rings (SSSR count). The van der Waals surface area contributed by atoms with Gasteiger partial charge in [-0.3, -0.25) is 0 Å². The van der Waals surface area contributed by atoms with E-state index in [-0.39, 0.29) is 6.10 Å². The summed E-state index contributed by atoms with van der Waals surface area (Å²) in [6, 6.07) is 13.9. The molecule has 1 atom stereocenters. The number of ether oxygens (including phenoxy) is 1. The monoisotopic (exact) mass is 337 g/mol. The SMILES string of the molecule is Clc1ccccc1NCC1Cc2cc(Br)ccc2O1. The van der Waals surface area contributed by atoms with E-state index in [1.807, 2.05) is 36.4 Å². The van der Waals surface area contributed by atoms with Gasteiger partial charge in [-0.05, 0) is 35.9 Å². The molecule has 2 aromatic carbocycles. The molecule has 0 saturated carbocycles. The van der Waals surface area contributed by atoms with Crippen LogP contribution in [0.5, 0.6) is 5.75 Å². The van der Waals surface area contributed by atoms with Crippen molar-refractivity contribution >= 4 is 33.2 Å². The first kappa shape index (κ1) is 12.8. The van der Waals surface area contributed by atoms with E-state index >= 15 is 0 Å². The van der Waals surface area contributed by atoms with Crippen molar-refractivity contribution in [3.05, 3.63) is 57.5 Å². The normalized spacial score (nSPS) is 16.8. The third kappa shape index (κ3) is 2.88. The first-order valence-electron chi connectivity index (χ1n) is 6.16. The zero-order valence-electron chi connectivity index (χ0n) is 10.2. The fourth-order valence-electron chi connectivity index (χ4n) is 2.23. The lowest BCUT2D eigenvalue weighted by molar-refractivity contribution is 0.246. The summed E-state index contributed by atoms with van der Waals surface area (Å²) in [7, 11) is 0. The van der Waals surface area contributed by atoms with E-state index in [1.165, 1.54) is 5.56 Å². The van der Waals surface area contributed by atoms with E-state index < -0.39 is 0 Å². The number of benzene rings is 2. The summed E-state index contributed by atoms with van der Waals surface area (Å²) < 4.78 is 6.99. The Hall–Kier alpha value is -1.19. The summed E-state index contributed by atoms with van der Waals surface area (Å²) in [4.78, 5) is 0. The highest BCUT2D eigenvalue weighted by atomic mass is 79.9. The third-order valence-electron chi connectivity index (χ3n) is 3.16. The molecule has 1 unspecified atom stereocenters. The van der Waals surface area contributed by atoms with Gasteiger partial charge in [-0.25, -0.2) is 0 Å². The Morgan fingerprint density at radius 2 is 2.11 bits per heavy atom. The fraction of sp³-hybridized carbons (Fsp3) is 0.200. The van der Waals surface area contributed by atoms with Crippen LogP contribution in [-0.2, 0) is 6.42 Å². The molecule has 0 aromatic heterocycles. The summed E-state index contributed by atoms with van der Waals surface area (Å²) in [5.41, 5.74) is 2.20. The molecule has 0 spiro atoms. The standard InChI is InChI=1S/C15H13BrClNO/c16-11-5-6-15-10(7-11)8-12(19-15)9-18-14-4-2-1-3-13(14)17/h1-7,12,18H,8-9H2. The van der Waals surface area contributed by atoms with Crippen molar-refractivity contribution in [1.29, 1.82) is 0 Å². The van der Waals surface area contributed by atoms with Crippen molar-refractivity contribution in [2.75, 3.05) is 11.9 Å². The van der Waals surface area contributed by atoms with E-state index in [0.717, 1.165) is 33.9 Å². The molecule has 4 heteroatoms. The predicted octanol–water partition coefficient (Wildman–Crippen LogP) is 4.52. The second kappa shape index (κ2) is 5.43. The van der Waals surface area contributed by atoms with Crippen molar-refractivity contribution in [1.82, 2.24) is 0 Å². The average molecular weight is 339 g/mol. The van der Waals surface area contributed by atoms with Gasteiger partial charge >= 0.3 is 0 Å². The number of fused-ring (bicyclic) bond motifs is 1. The highest BCUT2D eigenvalue weighted by molar-refractivity contribution is 9.10. The summed E-state index contributed by atoms with van der Waals surface area (Å²) in [6.07, 6.45) is 1.08. The molecule has 0 fully saturated rings. The largest absolute Gasteiger partial charge is 0.488 e. The summed E-state index contributed by atoms with van der Waals surface area (Å²) in [5.74, 6) is 0.981. The van der Waals surface area contributed by atoms with Gasteiger partial charge in [0.25, 0.3) is 0 Å². The Bertz CT molecular complexity index is 602. The minimum atomic E-state index is 0.153. The van der Waals surface area contributed by atoms with Crippen LogP contribution in [-0.4, -0.2) is 12.6 Å². The Morgan fingerprint density at radius 3 is 2.95 bits per heavy atom. The lowest BCUT2D eigenvalue weighted by Gasteiger charge is -2.13. The van der Waals surface area contributed by atoms with Gasteiger partial charge in [-0.15, -0.1) is 0 Å². The van der Waals surface area contributed by atoms with Crippen molar-refractivity contribution < 1.29 is 4.74 Å². The minimum absolute atomic E-state index is 0.153. The average Bonchev–Trinajstić information content (AvgIpc) is 2.79. The smallest absolute Gasteiger partial charge is 0.123 e. The van der Waals surface area contributed by atoms with Crippen LogP contribution in [0.25, 0.3) is 0 Å². The topological polar surface area (TPSA) is 21.3 Å². The second-order valence-electron chi connectivity index (χ2n) is 4.56. The van der Waals surface area contributed by atoms with Crippen LogP contribution in [0.15, 0.2) is 46.9 Å². The molecular formula is C15H13BrClNO. The molecule has 2 aromatic rings. The molecule has 0 bridgehead atoms. The molecule has 1 N–H and O–H groups in total. The van der Waals surface area contributed by atoms with Gasteiger partial charge < -0.3 is 10.1 Å². The van der Waals surface area contributed by atoms with Crippen molar-refractivity contribution in [2.24, 2.45) is 0 Å². The number of rotatable bonds is 3. The Morgan fingerprint density at radius 1 is 1.26 bits per heavy atom. The number of anilines is 1. The highest BCUT2D eigenvalue weighted by Gasteiger charge is 2.22. The molecule has 1 heterocycles. The molecule has 98 valence electrons. The maximum atomic E-state index is 6.11. The van der Waals surface area contributed by atoms with Crippen molar-refractivity contribution in [2.45, 2.75) is 12.5 Å². The van der Waals surface area contributed by atoms with Crippen LogP contribution in [0, 0.1) is 0 Å². The Labute approximate surface area is 125 Å². The van der Waals surface area contributed by atoms with Crippen LogP contribution in [0.1, 0.15) is 5.56 Å². The van der Waals surface area contributed by atoms with Gasteiger partial charge in [0, 0.05) is 10.9 Å². The van der Waals surface area contributed by atoms with Crippen molar-refractivity contribution in [3.63, 3.8) is 0 Å². The zero-order valence-corrected chi connectivity index (χ0v) is 12.5. The maximum Gasteiger partial charge on any atom is 0.123 e. The van der Waals surface area contributed by atoms with Gasteiger partial charge in [-0.2, -0.15) is 0 Å². The molecule has 0 amide bonds. The summed E-state index contributed by atoms with van der Waals surface area (Å²) >= 11 is 9.59. The molecule has 2 nitrogen and oxygen atoms in total. The van der Waals surface area contributed by atoms with E-state index in [0.29, 0.717) is 0 Å². The maximum absolute atomic E-state index is 6.11. The number of para-hydroxylation sites is 1. The molecule has 1 aliphatic heterocycles. The fourth-order valence-corrected chi connectivity index (χ4v) is 2.84. The van der Waals surface area contributed by atoms with Gasteiger partial charge in [0.15, 0.2) is 0 Å². The number of halogens is 2. The quantitative estimate of drug-likeness (QED) is 0.888. The second-order valence-corrected chi connectivity index (χ2v) is 5.88.